The van der Waals surface area contributed by atoms with Gasteiger partial charge in [-0.25, -0.2) is 0 Å². The van der Waals surface area contributed by atoms with Crippen LogP contribution >= 0.6 is 11.8 Å². The number of hydrogen-bond donors (Lipinski definition) is 1. The Hall–Kier alpha value is -2.87. The number of benzene rings is 2. The monoisotopic (exact) mass is 325 g/mol. The van der Waals surface area contributed by atoms with E-state index in [2.05, 4.69) is 0 Å². The molecule has 0 aromatic heterocycles. The van der Waals surface area contributed by atoms with E-state index in [1.54, 1.807) is 18.2 Å². The molecule has 0 aliphatic carbocycles. The van der Waals surface area contributed by atoms with Gasteiger partial charge in [0.25, 0.3) is 5.69 Å². The predicted octanol–water partition coefficient (Wildman–Crippen LogP) is 3.37. The van der Waals surface area contributed by atoms with Crippen LogP contribution < -0.4 is 0 Å². The third-order valence-corrected chi connectivity index (χ3v) is 4.11. The number of nitriles is 2. The molecule has 114 valence electrons. The number of hydrogen-bond acceptors (Lipinski definition) is 6. The van der Waals surface area contributed by atoms with Gasteiger partial charge in [0.2, 0.25) is 0 Å². The molecule has 1 atom stereocenters. The summed E-state index contributed by atoms with van der Waals surface area (Å²) in [5, 5.41) is 39.4. The maximum atomic E-state index is 11.2. The zero-order chi connectivity index (χ0) is 16.9. The van der Waals surface area contributed by atoms with E-state index in [1.165, 1.54) is 23.9 Å². The number of nitrogens with zero attached hydrogens (tertiary/aromatic N) is 3. The number of nitro benzene ring substituents is 1. The Kier molecular flexibility index (Phi) is 4.97. The lowest BCUT2D eigenvalue weighted by Gasteiger charge is -2.18. The molecular formula is C16H11N3O3S. The zero-order valence-electron chi connectivity index (χ0n) is 11.8. The van der Waals surface area contributed by atoms with Crippen LogP contribution in [0.25, 0.3) is 0 Å². The van der Waals surface area contributed by atoms with Crippen molar-refractivity contribution < 1.29 is 10.0 Å². The SMILES string of the molecule is N#CCC(O)(C#N)c1cc(Sc2ccccc2)ccc1[N+](=O)[O-]. The summed E-state index contributed by atoms with van der Waals surface area (Å²) in [6.07, 6.45) is -0.552. The van der Waals surface area contributed by atoms with E-state index in [-0.39, 0.29) is 11.3 Å². The molecule has 23 heavy (non-hydrogen) atoms. The van der Waals surface area contributed by atoms with Gasteiger partial charge in [-0.15, -0.1) is 0 Å². The Labute approximate surface area is 136 Å². The van der Waals surface area contributed by atoms with Crippen molar-refractivity contribution in [1.29, 1.82) is 10.5 Å². The Morgan fingerprint density at radius 3 is 2.43 bits per heavy atom. The molecule has 6 nitrogen and oxygen atoms in total. The molecule has 1 unspecified atom stereocenters. The summed E-state index contributed by atoms with van der Waals surface area (Å²) in [5.41, 5.74) is -2.78. The van der Waals surface area contributed by atoms with Gasteiger partial charge in [0.1, 0.15) is 6.07 Å². The maximum absolute atomic E-state index is 11.2. The van der Waals surface area contributed by atoms with Crippen LogP contribution in [-0.4, -0.2) is 10.0 Å². The molecule has 2 rings (SSSR count). The molecular weight excluding hydrogens is 314 g/mol. The van der Waals surface area contributed by atoms with Crippen molar-refractivity contribution >= 4 is 17.4 Å². The minimum atomic E-state index is -2.22. The minimum absolute atomic E-state index is 0.174. The minimum Gasteiger partial charge on any atom is -0.370 e. The molecule has 0 radical (unpaired) electrons. The van der Waals surface area contributed by atoms with Crippen LogP contribution in [-0.2, 0) is 5.60 Å². The normalized spacial score (nSPS) is 12.7. The van der Waals surface area contributed by atoms with Gasteiger partial charge in [-0.1, -0.05) is 30.0 Å². The second-order valence-electron chi connectivity index (χ2n) is 4.66. The molecule has 0 amide bonds. The Balaban J connectivity index is 2.50. The van der Waals surface area contributed by atoms with Gasteiger partial charge in [-0.3, -0.25) is 10.1 Å². The average molecular weight is 325 g/mol. The topological polar surface area (TPSA) is 111 Å². The van der Waals surface area contributed by atoms with Crippen molar-refractivity contribution in [2.75, 3.05) is 0 Å². The average Bonchev–Trinajstić information content (AvgIpc) is 2.55. The summed E-state index contributed by atoms with van der Waals surface area (Å²) < 4.78 is 0. The van der Waals surface area contributed by atoms with Gasteiger partial charge in [0.15, 0.2) is 5.60 Å². The van der Waals surface area contributed by atoms with E-state index in [4.69, 9.17) is 5.26 Å². The molecule has 0 aliphatic heterocycles. The Bertz CT molecular complexity index is 812. The molecule has 0 fully saturated rings. The van der Waals surface area contributed by atoms with Gasteiger partial charge in [0.05, 0.1) is 23.0 Å². The lowest BCUT2D eigenvalue weighted by Crippen LogP contribution is -2.24. The summed E-state index contributed by atoms with van der Waals surface area (Å²) in [4.78, 5) is 12.0. The van der Waals surface area contributed by atoms with Crippen LogP contribution in [0, 0.1) is 32.8 Å². The molecule has 0 aliphatic rings. The first-order chi connectivity index (χ1) is 11.0. The standard InChI is InChI=1S/C16H11N3O3S/c17-9-8-16(20,11-18)14-10-13(6-7-15(14)19(21)22)23-12-4-2-1-3-5-12/h1-7,10,20H,8H2. The van der Waals surface area contributed by atoms with E-state index in [9.17, 15) is 20.5 Å². The molecule has 0 heterocycles. The molecule has 0 bridgehead atoms. The highest BCUT2D eigenvalue weighted by Crippen LogP contribution is 2.37. The quantitative estimate of drug-likeness (QED) is 0.512. The number of aliphatic hydroxyl groups is 1. The van der Waals surface area contributed by atoms with E-state index in [1.807, 2.05) is 30.3 Å². The van der Waals surface area contributed by atoms with E-state index < -0.39 is 16.9 Å². The lowest BCUT2D eigenvalue weighted by atomic mass is 9.91. The summed E-state index contributed by atoms with van der Waals surface area (Å²) in [7, 11) is 0. The first kappa shape index (κ1) is 16.5. The second kappa shape index (κ2) is 6.93. The molecule has 2 aromatic rings. The van der Waals surface area contributed by atoms with Crippen molar-refractivity contribution in [3.05, 3.63) is 64.2 Å². The first-order valence-corrected chi connectivity index (χ1v) is 7.34. The first-order valence-electron chi connectivity index (χ1n) is 6.52. The van der Waals surface area contributed by atoms with Crippen LogP contribution in [0.3, 0.4) is 0 Å². The zero-order valence-corrected chi connectivity index (χ0v) is 12.7. The van der Waals surface area contributed by atoms with Crippen LogP contribution in [0.5, 0.6) is 0 Å². The largest absolute Gasteiger partial charge is 0.370 e. The summed E-state index contributed by atoms with van der Waals surface area (Å²) in [6, 6.07) is 16.8. The maximum Gasteiger partial charge on any atom is 0.276 e. The third-order valence-electron chi connectivity index (χ3n) is 3.11. The fourth-order valence-electron chi connectivity index (χ4n) is 2.00. The summed E-state index contributed by atoms with van der Waals surface area (Å²) in [5.74, 6) is 0. The van der Waals surface area contributed by atoms with E-state index >= 15 is 0 Å². The molecule has 2 aromatic carbocycles. The van der Waals surface area contributed by atoms with Crippen LogP contribution in [0.4, 0.5) is 5.69 Å². The fraction of sp³-hybridized carbons (Fsp3) is 0.125. The highest BCUT2D eigenvalue weighted by Gasteiger charge is 2.36. The smallest absolute Gasteiger partial charge is 0.276 e. The Morgan fingerprint density at radius 2 is 1.87 bits per heavy atom. The Morgan fingerprint density at radius 1 is 1.17 bits per heavy atom. The molecule has 0 spiro atoms. The van der Waals surface area contributed by atoms with Crippen molar-refractivity contribution in [1.82, 2.24) is 0 Å². The van der Waals surface area contributed by atoms with Crippen molar-refractivity contribution in [2.45, 2.75) is 21.8 Å². The number of nitro groups is 1. The fourth-order valence-corrected chi connectivity index (χ4v) is 2.88. The number of rotatable bonds is 5. The van der Waals surface area contributed by atoms with Crippen molar-refractivity contribution in [3.8, 4) is 12.1 Å². The van der Waals surface area contributed by atoms with E-state index in [0.717, 1.165) is 4.90 Å². The summed E-state index contributed by atoms with van der Waals surface area (Å²) >= 11 is 1.34. The third kappa shape index (κ3) is 3.67. The molecule has 0 saturated carbocycles. The highest BCUT2D eigenvalue weighted by atomic mass is 32.2. The van der Waals surface area contributed by atoms with Gasteiger partial charge in [-0.2, -0.15) is 10.5 Å². The molecule has 7 heteroatoms. The highest BCUT2D eigenvalue weighted by molar-refractivity contribution is 7.99. The molecule has 0 saturated heterocycles. The molecule has 1 N–H and O–H groups in total. The van der Waals surface area contributed by atoms with Gasteiger partial charge in [0, 0.05) is 15.9 Å². The van der Waals surface area contributed by atoms with Crippen molar-refractivity contribution in [2.24, 2.45) is 0 Å². The van der Waals surface area contributed by atoms with Crippen LogP contribution in [0.2, 0.25) is 0 Å². The van der Waals surface area contributed by atoms with E-state index in [0.29, 0.717) is 4.90 Å². The van der Waals surface area contributed by atoms with Gasteiger partial charge in [-0.05, 0) is 24.3 Å². The summed E-state index contributed by atoms with van der Waals surface area (Å²) in [6.45, 7) is 0. The lowest BCUT2D eigenvalue weighted by molar-refractivity contribution is -0.386. The van der Waals surface area contributed by atoms with Crippen molar-refractivity contribution in [3.63, 3.8) is 0 Å². The predicted molar refractivity (Wildman–Crippen MR) is 83.4 cm³/mol. The van der Waals surface area contributed by atoms with Gasteiger partial charge >= 0.3 is 0 Å². The second-order valence-corrected chi connectivity index (χ2v) is 5.81. The van der Waals surface area contributed by atoms with Gasteiger partial charge < -0.3 is 5.11 Å². The van der Waals surface area contributed by atoms with Crippen LogP contribution in [0.1, 0.15) is 12.0 Å². The van der Waals surface area contributed by atoms with Crippen LogP contribution in [0.15, 0.2) is 58.3 Å².